The number of alkyl halides is 3. The molecule has 0 bridgehead atoms. The fraction of sp³-hybridized carbons (Fsp3) is 0.421. The molecule has 0 aliphatic carbocycles. The van der Waals surface area contributed by atoms with Gasteiger partial charge in [0, 0.05) is 5.38 Å². The van der Waals surface area contributed by atoms with Crippen LogP contribution in [0.4, 0.5) is 13.2 Å². The number of halogens is 5. The molecule has 1 fully saturated rings. The van der Waals surface area contributed by atoms with Gasteiger partial charge in [-0.25, -0.2) is 9.67 Å². The highest BCUT2D eigenvalue weighted by molar-refractivity contribution is 7.80. The highest BCUT2D eigenvalue weighted by atomic mass is 35.5. The van der Waals surface area contributed by atoms with Crippen molar-refractivity contribution in [1.29, 1.82) is 0 Å². The molecule has 1 aromatic carbocycles. The minimum Gasteiger partial charge on any atom is -0.486 e. The average Bonchev–Trinajstić information content (AvgIpc) is 3.44. The summed E-state index contributed by atoms with van der Waals surface area (Å²) in [5.74, 6) is 0. The average molecular weight is 573 g/mol. The number of aromatic hydroxyl groups is 1. The quantitative estimate of drug-likeness (QED) is 0.332. The van der Waals surface area contributed by atoms with Gasteiger partial charge in [0.2, 0.25) is 0 Å². The van der Waals surface area contributed by atoms with Crippen LogP contribution in [0.2, 0.25) is 10.0 Å². The van der Waals surface area contributed by atoms with E-state index < -0.39 is 48.7 Å². The van der Waals surface area contributed by atoms with E-state index in [2.05, 4.69) is 27.9 Å². The summed E-state index contributed by atoms with van der Waals surface area (Å²) in [4.78, 5) is 3.91. The summed E-state index contributed by atoms with van der Waals surface area (Å²) in [7, 11) is 0. The van der Waals surface area contributed by atoms with Gasteiger partial charge in [-0.3, -0.25) is 0 Å². The molecule has 0 radical (unpaired) electrons. The maximum absolute atomic E-state index is 13.2. The van der Waals surface area contributed by atoms with Crippen LogP contribution >= 0.6 is 47.2 Å². The first-order valence-electron chi connectivity index (χ1n) is 9.81. The van der Waals surface area contributed by atoms with Crippen LogP contribution in [0, 0.1) is 0 Å². The third-order valence-electron chi connectivity index (χ3n) is 5.43. The van der Waals surface area contributed by atoms with Crippen LogP contribution in [0.5, 0.6) is 5.19 Å². The lowest BCUT2D eigenvalue weighted by Gasteiger charge is -2.51. The van der Waals surface area contributed by atoms with E-state index in [0.717, 1.165) is 16.0 Å². The van der Waals surface area contributed by atoms with E-state index in [9.17, 15) is 28.5 Å². The van der Waals surface area contributed by atoms with Crippen LogP contribution in [-0.4, -0.2) is 78.4 Å². The summed E-state index contributed by atoms with van der Waals surface area (Å²) in [5, 5.41) is 40.4. The van der Waals surface area contributed by atoms with Gasteiger partial charge in [0.15, 0.2) is 0 Å². The summed E-state index contributed by atoms with van der Waals surface area (Å²) >= 11 is 17.5. The molecule has 1 saturated heterocycles. The maximum atomic E-state index is 13.2. The normalized spacial score (nSPS) is 27.3. The van der Waals surface area contributed by atoms with Crippen LogP contribution in [0.3, 0.4) is 0 Å². The molecule has 0 amide bonds. The van der Waals surface area contributed by atoms with E-state index >= 15 is 0 Å². The first-order valence-corrected chi connectivity index (χ1v) is 12.0. The Bertz CT molecular complexity index is 1200. The summed E-state index contributed by atoms with van der Waals surface area (Å²) in [6.45, 7) is -2.39. The SMILES string of the molecule is OC[C@@H]1O[C@@H](S)[C@@H](OCC(F)(F)F)[C@](c2ccc(Cl)c(Cl)c2)(n2cc(-c3csc(O)n3)nn2)[C@@H]1O. The van der Waals surface area contributed by atoms with Crippen molar-refractivity contribution in [2.24, 2.45) is 0 Å². The molecule has 3 heterocycles. The highest BCUT2D eigenvalue weighted by Crippen LogP contribution is 2.46. The van der Waals surface area contributed by atoms with E-state index in [1.54, 1.807) is 0 Å². The van der Waals surface area contributed by atoms with E-state index in [4.69, 9.17) is 32.7 Å². The fourth-order valence-electron chi connectivity index (χ4n) is 3.95. The van der Waals surface area contributed by atoms with Gasteiger partial charge in [-0.15, -0.1) is 17.7 Å². The number of thiazole rings is 1. The second-order valence-corrected chi connectivity index (χ2v) is 9.72. The second-order valence-electron chi connectivity index (χ2n) is 7.56. The Balaban J connectivity index is 1.96. The molecule has 190 valence electrons. The number of nitrogens with zero attached hydrogens (tertiary/aromatic N) is 4. The van der Waals surface area contributed by atoms with Crippen molar-refractivity contribution >= 4 is 47.2 Å². The van der Waals surface area contributed by atoms with Gasteiger partial charge < -0.3 is 24.8 Å². The summed E-state index contributed by atoms with van der Waals surface area (Å²) in [5.41, 5.74) is -2.81. The zero-order chi connectivity index (χ0) is 25.5. The van der Waals surface area contributed by atoms with E-state index in [1.165, 1.54) is 29.8 Å². The zero-order valence-electron chi connectivity index (χ0n) is 17.3. The Morgan fingerprint density at radius 3 is 2.60 bits per heavy atom. The van der Waals surface area contributed by atoms with Gasteiger partial charge in [-0.05, 0) is 17.7 Å². The van der Waals surface area contributed by atoms with E-state index in [-0.39, 0.29) is 32.2 Å². The predicted molar refractivity (Wildman–Crippen MR) is 123 cm³/mol. The molecule has 5 atom stereocenters. The van der Waals surface area contributed by atoms with Gasteiger partial charge in [0.25, 0.3) is 5.19 Å². The first kappa shape index (κ1) is 26.4. The third kappa shape index (κ3) is 4.98. The lowest BCUT2D eigenvalue weighted by molar-refractivity contribution is -0.251. The molecule has 2 aromatic heterocycles. The molecule has 3 N–H and O–H groups in total. The molecule has 1 aliphatic heterocycles. The Hall–Kier alpha value is -1.65. The standard InChI is InChI=1S/C19H17Cl2F3N4O5S2/c20-9-2-1-8(3-10(9)21)19(28-4-11(26-27-28)12-6-35-17(31)25-12)14(30)13(5-29)33-16(34)15(19)32-7-18(22,23)24/h1-4,6,13-16,29-30,34H,5,7H2,(H,25,31)/t13-,14+,15+,16-,19+/m0/s1. The van der Waals surface area contributed by atoms with E-state index in [1.807, 2.05) is 0 Å². The summed E-state index contributed by atoms with van der Waals surface area (Å²) in [6.07, 6.45) is -8.04. The van der Waals surface area contributed by atoms with Gasteiger partial charge in [-0.1, -0.05) is 45.8 Å². The van der Waals surface area contributed by atoms with Crippen LogP contribution in [0.1, 0.15) is 5.56 Å². The lowest BCUT2D eigenvalue weighted by atomic mass is 9.75. The zero-order valence-corrected chi connectivity index (χ0v) is 20.5. The van der Waals surface area contributed by atoms with Crippen LogP contribution in [0.25, 0.3) is 11.4 Å². The molecule has 4 rings (SSSR count). The van der Waals surface area contributed by atoms with E-state index in [0.29, 0.717) is 0 Å². The number of aromatic nitrogens is 4. The van der Waals surface area contributed by atoms with Gasteiger partial charge >= 0.3 is 6.18 Å². The number of hydrogen-bond donors (Lipinski definition) is 4. The predicted octanol–water partition coefficient (Wildman–Crippen LogP) is 3.11. The highest BCUT2D eigenvalue weighted by Gasteiger charge is 2.60. The van der Waals surface area contributed by atoms with Crippen molar-refractivity contribution in [1.82, 2.24) is 20.0 Å². The smallest absolute Gasteiger partial charge is 0.411 e. The molecular formula is C19H17Cl2F3N4O5S2. The van der Waals surface area contributed by atoms with Crippen molar-refractivity contribution in [3.63, 3.8) is 0 Å². The number of aliphatic hydroxyl groups is 2. The number of hydrogen-bond acceptors (Lipinski definition) is 10. The fourth-order valence-corrected chi connectivity index (χ4v) is 5.26. The summed E-state index contributed by atoms with van der Waals surface area (Å²) in [6, 6.07) is 4.16. The van der Waals surface area contributed by atoms with Gasteiger partial charge in [0.1, 0.15) is 47.3 Å². The molecule has 0 spiro atoms. The molecule has 1 aliphatic rings. The third-order valence-corrected chi connectivity index (χ3v) is 7.20. The van der Waals surface area contributed by atoms with Gasteiger partial charge in [-0.2, -0.15) is 13.2 Å². The molecule has 35 heavy (non-hydrogen) atoms. The Morgan fingerprint density at radius 2 is 2.00 bits per heavy atom. The maximum Gasteiger partial charge on any atom is 0.411 e. The Labute approximate surface area is 215 Å². The number of ether oxygens (including phenoxy) is 2. The molecule has 0 unspecified atom stereocenters. The minimum absolute atomic E-state index is 0.0397. The Morgan fingerprint density at radius 1 is 1.26 bits per heavy atom. The van der Waals surface area contributed by atoms with Crippen LogP contribution < -0.4 is 0 Å². The monoisotopic (exact) mass is 572 g/mol. The molecular weight excluding hydrogens is 556 g/mol. The topological polar surface area (TPSA) is 123 Å². The number of thiol groups is 1. The molecule has 3 aromatic rings. The molecule has 0 saturated carbocycles. The van der Waals surface area contributed by atoms with Crippen LogP contribution in [-0.2, 0) is 15.0 Å². The number of rotatable bonds is 6. The molecule has 9 nitrogen and oxygen atoms in total. The molecule has 16 heteroatoms. The van der Waals surface area contributed by atoms with Crippen molar-refractivity contribution in [2.45, 2.75) is 35.5 Å². The van der Waals surface area contributed by atoms with Crippen molar-refractivity contribution < 1.29 is 38.0 Å². The van der Waals surface area contributed by atoms with Crippen molar-refractivity contribution in [2.75, 3.05) is 13.2 Å². The first-order chi connectivity index (χ1) is 16.5. The Kier molecular flexibility index (Phi) is 7.56. The lowest BCUT2D eigenvalue weighted by Crippen LogP contribution is -2.68. The van der Waals surface area contributed by atoms with Crippen molar-refractivity contribution in [3.8, 4) is 16.6 Å². The second kappa shape index (κ2) is 10.0. The number of aliphatic hydroxyl groups excluding tert-OH is 2. The summed E-state index contributed by atoms with van der Waals surface area (Å²) < 4.78 is 51.4. The number of benzene rings is 1. The van der Waals surface area contributed by atoms with Gasteiger partial charge in [0.05, 0.1) is 22.8 Å². The minimum atomic E-state index is -4.72. The van der Waals surface area contributed by atoms with Crippen LogP contribution in [0.15, 0.2) is 29.8 Å². The van der Waals surface area contributed by atoms with Crippen molar-refractivity contribution in [3.05, 3.63) is 45.4 Å². The largest absolute Gasteiger partial charge is 0.486 e.